The number of rotatable bonds is 9. The van der Waals surface area contributed by atoms with Crippen molar-refractivity contribution >= 4 is 12.0 Å². The van der Waals surface area contributed by atoms with Gasteiger partial charge >= 0.3 is 12.0 Å². The Morgan fingerprint density at radius 2 is 2.00 bits per heavy atom. The molecule has 0 saturated heterocycles. The molecule has 0 unspecified atom stereocenters. The summed E-state index contributed by atoms with van der Waals surface area (Å²) in [6.45, 7) is 5.86. The largest absolute Gasteiger partial charge is 0.480 e. The van der Waals surface area contributed by atoms with E-state index in [0.717, 1.165) is 6.61 Å². The minimum atomic E-state index is -0.989. The zero-order valence-electron chi connectivity index (χ0n) is 12.7. The maximum absolute atomic E-state index is 12.2. The Kier molecular flexibility index (Phi) is 6.78. The zero-order valence-corrected chi connectivity index (χ0v) is 12.7. The molecule has 0 heterocycles. The second-order valence-electron chi connectivity index (χ2n) is 5.89. The van der Waals surface area contributed by atoms with Crippen molar-refractivity contribution in [2.45, 2.75) is 26.7 Å². The second kappa shape index (κ2) is 8.09. The van der Waals surface area contributed by atoms with Crippen molar-refractivity contribution < 1.29 is 19.4 Å². The van der Waals surface area contributed by atoms with Crippen molar-refractivity contribution in [1.82, 2.24) is 9.80 Å². The number of ether oxygens (including phenoxy) is 1. The van der Waals surface area contributed by atoms with E-state index in [1.165, 1.54) is 22.6 Å². The van der Waals surface area contributed by atoms with E-state index >= 15 is 0 Å². The van der Waals surface area contributed by atoms with Crippen LogP contribution in [0.5, 0.6) is 0 Å². The van der Waals surface area contributed by atoms with Crippen LogP contribution < -0.4 is 0 Å². The highest BCUT2D eigenvalue weighted by atomic mass is 16.5. The Labute approximate surface area is 120 Å². The minimum absolute atomic E-state index is 0.234. The lowest BCUT2D eigenvalue weighted by molar-refractivity contribution is -0.137. The molecule has 6 heteroatoms. The molecule has 0 aromatic heterocycles. The first-order chi connectivity index (χ1) is 9.40. The summed E-state index contributed by atoms with van der Waals surface area (Å²) in [5.74, 6) is -0.0457. The molecule has 1 fully saturated rings. The summed E-state index contributed by atoms with van der Waals surface area (Å²) in [5, 5.41) is 8.87. The Morgan fingerprint density at radius 3 is 2.50 bits per heavy atom. The van der Waals surface area contributed by atoms with Crippen LogP contribution in [-0.2, 0) is 9.53 Å². The van der Waals surface area contributed by atoms with Gasteiger partial charge in [-0.05, 0) is 24.7 Å². The molecule has 0 aliphatic heterocycles. The average molecular weight is 286 g/mol. The molecule has 1 aliphatic carbocycles. The molecule has 0 bridgehead atoms. The highest BCUT2D eigenvalue weighted by Crippen LogP contribution is 2.28. The monoisotopic (exact) mass is 286 g/mol. The molecule has 0 atom stereocenters. The standard InChI is InChI=1S/C14H26N2O4/c1-11(2)8-16(9-13(17)18)14(19)15(3)6-7-20-10-12-4-5-12/h11-12H,4-10H2,1-3H3,(H,17,18). The summed E-state index contributed by atoms with van der Waals surface area (Å²) in [4.78, 5) is 25.9. The first-order valence-corrected chi connectivity index (χ1v) is 7.19. The van der Waals surface area contributed by atoms with Crippen LogP contribution in [0, 0.1) is 11.8 Å². The minimum Gasteiger partial charge on any atom is -0.480 e. The molecule has 0 spiro atoms. The van der Waals surface area contributed by atoms with Gasteiger partial charge in [-0.2, -0.15) is 0 Å². The number of nitrogens with zero attached hydrogens (tertiary/aromatic N) is 2. The molecule has 1 N–H and O–H groups in total. The van der Waals surface area contributed by atoms with E-state index in [1.807, 2.05) is 13.8 Å². The molecular formula is C14H26N2O4. The molecule has 6 nitrogen and oxygen atoms in total. The van der Waals surface area contributed by atoms with Gasteiger partial charge in [-0.3, -0.25) is 4.79 Å². The van der Waals surface area contributed by atoms with E-state index < -0.39 is 5.97 Å². The number of carbonyl (C=O) groups excluding carboxylic acids is 1. The lowest BCUT2D eigenvalue weighted by Gasteiger charge is -2.28. The number of carboxylic acid groups (broad SMARTS) is 1. The van der Waals surface area contributed by atoms with E-state index in [2.05, 4.69) is 0 Å². The van der Waals surface area contributed by atoms with E-state index in [9.17, 15) is 9.59 Å². The predicted octanol–water partition coefficient (Wildman–Crippen LogP) is 1.51. The fourth-order valence-corrected chi connectivity index (χ4v) is 1.89. The lowest BCUT2D eigenvalue weighted by atomic mass is 10.2. The van der Waals surface area contributed by atoms with Gasteiger partial charge in [0.15, 0.2) is 0 Å². The summed E-state index contributed by atoms with van der Waals surface area (Å²) in [5.41, 5.74) is 0. The summed E-state index contributed by atoms with van der Waals surface area (Å²) in [6, 6.07) is -0.254. The van der Waals surface area contributed by atoms with E-state index in [1.54, 1.807) is 7.05 Å². The van der Waals surface area contributed by atoms with Crippen molar-refractivity contribution in [3.05, 3.63) is 0 Å². The van der Waals surface area contributed by atoms with Gasteiger partial charge in [0, 0.05) is 26.7 Å². The predicted molar refractivity (Wildman–Crippen MR) is 75.6 cm³/mol. The molecule has 0 aromatic carbocycles. The van der Waals surface area contributed by atoms with E-state index in [4.69, 9.17) is 9.84 Å². The van der Waals surface area contributed by atoms with Crippen LogP contribution >= 0.6 is 0 Å². The van der Waals surface area contributed by atoms with Crippen LogP contribution in [0.4, 0.5) is 4.79 Å². The molecule has 0 radical (unpaired) electrons. The molecule has 20 heavy (non-hydrogen) atoms. The number of urea groups is 1. The summed E-state index contributed by atoms with van der Waals surface area (Å²) in [6.07, 6.45) is 2.49. The Morgan fingerprint density at radius 1 is 1.35 bits per heavy atom. The van der Waals surface area contributed by atoms with Crippen LogP contribution in [0.1, 0.15) is 26.7 Å². The Balaban J connectivity index is 2.33. The number of carbonyl (C=O) groups is 2. The number of likely N-dealkylation sites (N-methyl/N-ethyl adjacent to an activating group) is 1. The second-order valence-corrected chi connectivity index (χ2v) is 5.89. The Hall–Kier alpha value is -1.30. The van der Waals surface area contributed by atoms with Gasteiger partial charge in [-0.15, -0.1) is 0 Å². The van der Waals surface area contributed by atoms with Crippen molar-refractivity contribution in [2.24, 2.45) is 11.8 Å². The summed E-state index contributed by atoms with van der Waals surface area (Å²) < 4.78 is 5.49. The van der Waals surface area contributed by atoms with Crippen LogP contribution in [0.25, 0.3) is 0 Å². The molecule has 1 aliphatic rings. The third kappa shape index (κ3) is 6.75. The molecule has 1 rings (SSSR count). The van der Waals surface area contributed by atoms with Crippen molar-refractivity contribution in [3.63, 3.8) is 0 Å². The first kappa shape index (κ1) is 16.8. The summed E-state index contributed by atoms with van der Waals surface area (Å²) >= 11 is 0. The Bertz CT molecular complexity index is 329. The first-order valence-electron chi connectivity index (χ1n) is 7.19. The summed E-state index contributed by atoms with van der Waals surface area (Å²) in [7, 11) is 1.68. The average Bonchev–Trinajstić information content (AvgIpc) is 3.15. The number of carboxylic acids is 1. The topological polar surface area (TPSA) is 70.1 Å². The molecular weight excluding hydrogens is 260 g/mol. The number of hydrogen-bond acceptors (Lipinski definition) is 3. The lowest BCUT2D eigenvalue weighted by Crippen LogP contribution is -2.46. The number of amides is 2. The number of hydrogen-bond donors (Lipinski definition) is 1. The van der Waals surface area contributed by atoms with Gasteiger partial charge in [0.1, 0.15) is 6.54 Å². The fraction of sp³-hybridized carbons (Fsp3) is 0.857. The van der Waals surface area contributed by atoms with Crippen molar-refractivity contribution in [1.29, 1.82) is 0 Å². The number of aliphatic carboxylic acids is 1. The quantitative estimate of drug-likeness (QED) is 0.652. The zero-order chi connectivity index (χ0) is 15.1. The highest BCUT2D eigenvalue weighted by Gasteiger charge is 2.23. The van der Waals surface area contributed by atoms with Gasteiger partial charge in [0.2, 0.25) is 0 Å². The van der Waals surface area contributed by atoms with Gasteiger partial charge < -0.3 is 19.6 Å². The van der Waals surface area contributed by atoms with Crippen LogP contribution in [0.15, 0.2) is 0 Å². The van der Waals surface area contributed by atoms with Crippen LogP contribution in [-0.4, -0.2) is 66.8 Å². The molecule has 2 amide bonds. The molecule has 0 aromatic rings. The van der Waals surface area contributed by atoms with Gasteiger partial charge in [0.25, 0.3) is 0 Å². The molecule has 116 valence electrons. The van der Waals surface area contributed by atoms with Gasteiger partial charge in [-0.25, -0.2) is 4.79 Å². The van der Waals surface area contributed by atoms with E-state index in [0.29, 0.717) is 25.6 Å². The van der Waals surface area contributed by atoms with E-state index in [-0.39, 0.29) is 18.5 Å². The normalized spacial score (nSPS) is 14.4. The van der Waals surface area contributed by atoms with Crippen molar-refractivity contribution in [3.8, 4) is 0 Å². The van der Waals surface area contributed by atoms with Crippen LogP contribution in [0.2, 0.25) is 0 Å². The third-order valence-electron chi connectivity index (χ3n) is 3.13. The van der Waals surface area contributed by atoms with Gasteiger partial charge in [0.05, 0.1) is 6.61 Å². The maximum Gasteiger partial charge on any atom is 0.323 e. The van der Waals surface area contributed by atoms with Crippen LogP contribution in [0.3, 0.4) is 0 Å². The maximum atomic E-state index is 12.2. The fourth-order valence-electron chi connectivity index (χ4n) is 1.89. The SMILES string of the molecule is CC(C)CN(CC(=O)O)C(=O)N(C)CCOCC1CC1. The third-order valence-corrected chi connectivity index (χ3v) is 3.13. The smallest absolute Gasteiger partial charge is 0.323 e. The highest BCUT2D eigenvalue weighted by molar-refractivity contribution is 5.80. The van der Waals surface area contributed by atoms with Gasteiger partial charge in [-0.1, -0.05) is 13.8 Å². The van der Waals surface area contributed by atoms with Crippen molar-refractivity contribution in [2.75, 3.05) is 39.9 Å². The molecule has 1 saturated carbocycles.